The van der Waals surface area contributed by atoms with Gasteiger partial charge in [-0.15, -0.1) is 0 Å². The van der Waals surface area contributed by atoms with Gasteiger partial charge in [0, 0.05) is 27.4 Å². The molecule has 32 heavy (non-hydrogen) atoms. The summed E-state index contributed by atoms with van der Waals surface area (Å²) >= 11 is 0. The number of aromatic nitrogens is 1. The molecule has 1 atom stereocenters. The van der Waals surface area contributed by atoms with Gasteiger partial charge < -0.3 is 4.98 Å². The highest BCUT2D eigenvalue weighted by Crippen LogP contribution is 2.36. The van der Waals surface area contributed by atoms with Gasteiger partial charge in [-0.2, -0.15) is 0 Å². The molecule has 1 aliphatic heterocycles. The standard InChI is InChI=1S/C28H20N2O2/c31-27-22(18-9-3-1-4-10-18)15-19-16-24-21-13-7-8-14-25(21)29-26(24)17-23(19)28(32)30(27)20-11-5-2-6-12-20/h1-14,16-17,22,29H,15H2. The average molecular weight is 416 g/mol. The molecule has 4 aromatic carbocycles. The van der Waals surface area contributed by atoms with E-state index in [1.54, 1.807) is 0 Å². The maximum absolute atomic E-state index is 13.8. The molecule has 6 rings (SSSR count). The number of imide groups is 1. The molecule has 0 radical (unpaired) electrons. The van der Waals surface area contributed by atoms with Crippen LogP contribution in [0.15, 0.2) is 97.1 Å². The summed E-state index contributed by atoms with van der Waals surface area (Å²) in [7, 11) is 0. The van der Waals surface area contributed by atoms with Gasteiger partial charge in [-0.25, -0.2) is 4.90 Å². The summed E-state index contributed by atoms with van der Waals surface area (Å²) < 4.78 is 0. The van der Waals surface area contributed by atoms with E-state index >= 15 is 0 Å². The number of nitrogens with one attached hydrogen (secondary N) is 1. The van der Waals surface area contributed by atoms with Crippen LogP contribution >= 0.6 is 0 Å². The Balaban J connectivity index is 1.60. The first kappa shape index (κ1) is 18.6. The lowest BCUT2D eigenvalue weighted by molar-refractivity contribution is -0.119. The van der Waals surface area contributed by atoms with Gasteiger partial charge >= 0.3 is 0 Å². The topological polar surface area (TPSA) is 53.2 Å². The molecule has 2 heterocycles. The van der Waals surface area contributed by atoms with E-state index in [2.05, 4.69) is 17.1 Å². The zero-order valence-corrected chi connectivity index (χ0v) is 17.3. The predicted octanol–water partition coefficient (Wildman–Crippen LogP) is 5.83. The molecule has 4 nitrogen and oxygen atoms in total. The third-order valence-electron chi connectivity index (χ3n) is 6.32. The van der Waals surface area contributed by atoms with E-state index in [-0.39, 0.29) is 11.8 Å². The number of para-hydroxylation sites is 2. The minimum atomic E-state index is -0.440. The van der Waals surface area contributed by atoms with Crippen LogP contribution in [-0.2, 0) is 11.2 Å². The van der Waals surface area contributed by atoms with Crippen molar-refractivity contribution in [2.24, 2.45) is 0 Å². The fourth-order valence-electron chi connectivity index (χ4n) is 4.76. The lowest BCUT2D eigenvalue weighted by Crippen LogP contribution is -2.38. The highest BCUT2D eigenvalue weighted by atomic mass is 16.2. The van der Waals surface area contributed by atoms with Crippen molar-refractivity contribution in [1.82, 2.24) is 4.98 Å². The van der Waals surface area contributed by atoms with Crippen LogP contribution in [0.4, 0.5) is 5.69 Å². The fourth-order valence-corrected chi connectivity index (χ4v) is 4.76. The van der Waals surface area contributed by atoms with E-state index in [1.165, 1.54) is 4.90 Å². The Morgan fingerprint density at radius 2 is 1.41 bits per heavy atom. The summed E-state index contributed by atoms with van der Waals surface area (Å²) in [6, 6.07) is 31.0. The Morgan fingerprint density at radius 1 is 0.719 bits per heavy atom. The number of nitrogens with zero attached hydrogens (tertiary/aromatic N) is 1. The maximum Gasteiger partial charge on any atom is 0.265 e. The minimum Gasteiger partial charge on any atom is -0.354 e. The van der Waals surface area contributed by atoms with Crippen LogP contribution in [0.2, 0.25) is 0 Å². The predicted molar refractivity (Wildman–Crippen MR) is 127 cm³/mol. The third kappa shape index (κ3) is 2.84. The number of carbonyl (C=O) groups excluding carboxylic acids is 2. The van der Waals surface area contributed by atoms with E-state index in [9.17, 15) is 9.59 Å². The largest absolute Gasteiger partial charge is 0.354 e. The summed E-state index contributed by atoms with van der Waals surface area (Å²) in [6.45, 7) is 0. The third-order valence-corrected chi connectivity index (χ3v) is 6.32. The molecule has 4 heteroatoms. The van der Waals surface area contributed by atoms with E-state index < -0.39 is 5.92 Å². The molecule has 1 aliphatic rings. The SMILES string of the molecule is O=C1c2cc3[nH]c4ccccc4c3cc2CC(c2ccccc2)C(=O)N1c1ccccc1. The molecule has 0 saturated heterocycles. The second kappa shape index (κ2) is 7.20. The van der Waals surface area contributed by atoms with Crippen molar-refractivity contribution in [1.29, 1.82) is 0 Å². The number of H-pyrrole nitrogens is 1. The second-order valence-corrected chi connectivity index (χ2v) is 8.21. The fraction of sp³-hybridized carbons (Fsp3) is 0.0714. The Bertz CT molecular complexity index is 1490. The molecule has 1 unspecified atom stereocenters. The number of hydrogen-bond acceptors (Lipinski definition) is 2. The van der Waals surface area contributed by atoms with Crippen LogP contribution < -0.4 is 4.90 Å². The summed E-state index contributed by atoms with van der Waals surface area (Å²) in [6.07, 6.45) is 0.475. The van der Waals surface area contributed by atoms with Crippen LogP contribution in [0, 0.1) is 0 Å². The van der Waals surface area contributed by atoms with Crippen molar-refractivity contribution in [2.75, 3.05) is 4.90 Å². The highest BCUT2D eigenvalue weighted by Gasteiger charge is 2.37. The zero-order valence-electron chi connectivity index (χ0n) is 17.3. The molecule has 0 spiro atoms. The van der Waals surface area contributed by atoms with Crippen molar-refractivity contribution in [3.05, 3.63) is 114 Å². The monoisotopic (exact) mass is 416 g/mol. The number of aromatic amines is 1. The van der Waals surface area contributed by atoms with Gasteiger partial charge in [0.1, 0.15) is 0 Å². The number of hydrogen-bond donors (Lipinski definition) is 1. The van der Waals surface area contributed by atoms with Crippen LogP contribution in [0.3, 0.4) is 0 Å². The summed E-state index contributed by atoms with van der Waals surface area (Å²) in [5, 5.41) is 2.18. The molecule has 2 amide bonds. The Hall–Kier alpha value is -4.18. The Kier molecular flexibility index (Phi) is 4.18. The first-order chi connectivity index (χ1) is 15.7. The normalized spacial score (nSPS) is 16.4. The molecular weight excluding hydrogens is 396 g/mol. The molecule has 0 fully saturated rings. The number of carbonyl (C=O) groups is 2. The van der Waals surface area contributed by atoms with Crippen LogP contribution in [-0.4, -0.2) is 16.8 Å². The van der Waals surface area contributed by atoms with E-state index in [0.29, 0.717) is 17.7 Å². The first-order valence-electron chi connectivity index (χ1n) is 10.7. The van der Waals surface area contributed by atoms with Gasteiger partial charge in [0.25, 0.3) is 5.91 Å². The van der Waals surface area contributed by atoms with E-state index in [1.807, 2.05) is 84.9 Å². The number of fused-ring (bicyclic) bond motifs is 4. The lowest BCUT2D eigenvalue weighted by atomic mass is 9.90. The molecule has 1 N–H and O–H groups in total. The number of rotatable bonds is 2. The maximum atomic E-state index is 13.8. The lowest BCUT2D eigenvalue weighted by Gasteiger charge is -2.23. The summed E-state index contributed by atoms with van der Waals surface area (Å²) in [4.78, 5) is 32.3. The molecule has 154 valence electrons. The summed E-state index contributed by atoms with van der Waals surface area (Å²) in [5.41, 5.74) is 4.90. The van der Waals surface area contributed by atoms with Crippen LogP contribution in [0.25, 0.3) is 21.8 Å². The first-order valence-corrected chi connectivity index (χ1v) is 10.7. The van der Waals surface area contributed by atoms with Crippen molar-refractivity contribution in [3.63, 3.8) is 0 Å². The second-order valence-electron chi connectivity index (χ2n) is 8.21. The van der Waals surface area contributed by atoms with Gasteiger partial charge in [-0.1, -0.05) is 66.7 Å². The van der Waals surface area contributed by atoms with Crippen molar-refractivity contribution < 1.29 is 9.59 Å². The average Bonchev–Trinajstić information content (AvgIpc) is 3.16. The minimum absolute atomic E-state index is 0.197. The van der Waals surface area contributed by atoms with E-state index in [0.717, 1.165) is 32.9 Å². The summed E-state index contributed by atoms with van der Waals surface area (Å²) in [5.74, 6) is -0.920. The van der Waals surface area contributed by atoms with Crippen molar-refractivity contribution in [3.8, 4) is 0 Å². The van der Waals surface area contributed by atoms with Gasteiger partial charge in [-0.3, -0.25) is 9.59 Å². The molecule has 5 aromatic rings. The Morgan fingerprint density at radius 3 is 2.19 bits per heavy atom. The van der Waals surface area contributed by atoms with Crippen LogP contribution in [0.1, 0.15) is 27.4 Å². The van der Waals surface area contributed by atoms with Gasteiger partial charge in [0.2, 0.25) is 5.91 Å². The van der Waals surface area contributed by atoms with Gasteiger partial charge in [0.05, 0.1) is 11.6 Å². The number of amides is 2. The van der Waals surface area contributed by atoms with Gasteiger partial charge in [-0.05, 0) is 47.9 Å². The zero-order chi connectivity index (χ0) is 21.7. The van der Waals surface area contributed by atoms with Crippen LogP contribution in [0.5, 0.6) is 0 Å². The molecule has 0 aliphatic carbocycles. The Labute approximate surface area is 185 Å². The number of benzene rings is 4. The molecule has 0 bridgehead atoms. The highest BCUT2D eigenvalue weighted by molar-refractivity contribution is 6.25. The number of anilines is 1. The van der Waals surface area contributed by atoms with Crippen molar-refractivity contribution >= 4 is 39.3 Å². The smallest absolute Gasteiger partial charge is 0.265 e. The van der Waals surface area contributed by atoms with Gasteiger partial charge in [0.15, 0.2) is 0 Å². The molecular formula is C28H20N2O2. The quantitative estimate of drug-likeness (QED) is 0.368. The molecule has 1 aromatic heterocycles. The molecule has 0 saturated carbocycles. The van der Waals surface area contributed by atoms with E-state index in [4.69, 9.17) is 0 Å². The van der Waals surface area contributed by atoms with Crippen molar-refractivity contribution in [2.45, 2.75) is 12.3 Å².